The van der Waals surface area contributed by atoms with E-state index < -0.39 is 23.5 Å². The minimum absolute atomic E-state index is 0.0227. The van der Waals surface area contributed by atoms with E-state index in [1.165, 1.54) is 0 Å². The van der Waals surface area contributed by atoms with Crippen LogP contribution in [0, 0.1) is 11.7 Å². The van der Waals surface area contributed by atoms with Gasteiger partial charge in [-0.25, -0.2) is 9.37 Å². The Balaban J connectivity index is 1.96. The summed E-state index contributed by atoms with van der Waals surface area (Å²) in [7, 11) is 0. The maximum Gasteiger partial charge on any atom is 0.573 e. The van der Waals surface area contributed by atoms with Gasteiger partial charge in [0.05, 0.1) is 10.7 Å². The summed E-state index contributed by atoms with van der Waals surface area (Å²) in [6.45, 7) is 3.72. The van der Waals surface area contributed by atoms with Gasteiger partial charge in [0.2, 0.25) is 5.91 Å². The summed E-state index contributed by atoms with van der Waals surface area (Å²) >= 11 is 6.26. The van der Waals surface area contributed by atoms with Crippen molar-refractivity contribution in [1.29, 1.82) is 0 Å². The van der Waals surface area contributed by atoms with Crippen molar-refractivity contribution < 1.29 is 27.1 Å². The van der Waals surface area contributed by atoms with Crippen molar-refractivity contribution in [1.82, 2.24) is 15.3 Å². The van der Waals surface area contributed by atoms with Gasteiger partial charge in [0.1, 0.15) is 17.4 Å². The molecule has 0 unspecified atom stereocenters. The Morgan fingerprint density at radius 1 is 1.15 bits per heavy atom. The van der Waals surface area contributed by atoms with E-state index in [0.717, 1.165) is 18.2 Å². The van der Waals surface area contributed by atoms with Gasteiger partial charge in [0.15, 0.2) is 0 Å². The topological polar surface area (TPSA) is 84.1 Å². The lowest BCUT2D eigenvalue weighted by Gasteiger charge is -2.12. The van der Waals surface area contributed by atoms with Crippen molar-refractivity contribution in [3.8, 4) is 28.4 Å². The second-order valence-electron chi connectivity index (χ2n) is 7.36. The second kappa shape index (κ2) is 9.62. The van der Waals surface area contributed by atoms with E-state index in [1.807, 2.05) is 0 Å². The number of alkyl halides is 3. The van der Waals surface area contributed by atoms with Crippen molar-refractivity contribution in [2.75, 3.05) is 0 Å². The normalized spacial score (nSPS) is 11.5. The first-order valence-electron chi connectivity index (χ1n) is 9.66. The molecule has 6 nitrogen and oxygen atoms in total. The number of carbonyl (C=O) groups is 1. The van der Waals surface area contributed by atoms with Crippen LogP contribution in [0.25, 0.3) is 22.6 Å². The third kappa shape index (κ3) is 6.32. The number of ether oxygens (including phenoxy) is 1. The van der Waals surface area contributed by atoms with Crippen LogP contribution in [0.5, 0.6) is 5.75 Å². The number of carbonyl (C=O) groups excluding carboxylic acids is 1. The molecule has 0 bridgehead atoms. The van der Waals surface area contributed by atoms with Crippen molar-refractivity contribution >= 4 is 17.5 Å². The van der Waals surface area contributed by atoms with Crippen LogP contribution in [0.1, 0.15) is 19.4 Å². The van der Waals surface area contributed by atoms with E-state index in [1.54, 1.807) is 32.0 Å². The Labute approximate surface area is 190 Å². The Morgan fingerprint density at radius 2 is 1.88 bits per heavy atom. The fourth-order valence-electron chi connectivity index (χ4n) is 2.88. The van der Waals surface area contributed by atoms with E-state index in [9.17, 15) is 27.2 Å². The number of halogens is 5. The Morgan fingerprint density at radius 3 is 2.52 bits per heavy atom. The van der Waals surface area contributed by atoms with E-state index in [-0.39, 0.29) is 40.5 Å². The predicted octanol–water partition coefficient (Wildman–Crippen LogP) is 5.07. The van der Waals surface area contributed by atoms with Crippen LogP contribution < -0.4 is 15.6 Å². The van der Waals surface area contributed by atoms with Gasteiger partial charge in [-0.3, -0.25) is 9.59 Å². The molecule has 0 spiro atoms. The Bertz CT molecular complexity index is 1240. The largest absolute Gasteiger partial charge is 0.573 e. The average molecular weight is 484 g/mol. The maximum atomic E-state index is 14.5. The zero-order valence-electron chi connectivity index (χ0n) is 17.4. The van der Waals surface area contributed by atoms with Crippen LogP contribution in [-0.4, -0.2) is 22.2 Å². The number of nitrogens with zero attached hydrogens (tertiary/aromatic N) is 1. The molecule has 2 N–H and O–H groups in total. The molecule has 0 atom stereocenters. The molecule has 0 aliphatic rings. The molecule has 1 heterocycles. The molecular formula is C22H18ClF4N3O3. The molecular weight excluding hydrogens is 466 g/mol. The molecule has 1 amide bonds. The molecule has 11 heteroatoms. The second-order valence-corrected chi connectivity index (χ2v) is 7.76. The Hall–Kier alpha value is -3.40. The summed E-state index contributed by atoms with van der Waals surface area (Å²) in [6.07, 6.45) is -4.97. The highest BCUT2D eigenvalue weighted by Crippen LogP contribution is 2.30. The smallest absolute Gasteiger partial charge is 0.406 e. The monoisotopic (exact) mass is 483 g/mol. The summed E-state index contributed by atoms with van der Waals surface area (Å²) in [5.41, 5.74) is 0.0629. The highest BCUT2D eigenvalue weighted by atomic mass is 35.5. The van der Waals surface area contributed by atoms with Gasteiger partial charge in [-0.15, -0.1) is 13.2 Å². The molecule has 3 aromatic rings. The standard InChI is InChI=1S/C22H18ClF4N3O3/c1-11(2)21(32)28-10-12-3-6-16(23)15(7-12)20-29-18(9-19(31)30-20)14-5-4-13(8-17(14)24)33-22(25,26)27/h3-9,11H,10H2,1-2H3,(H,28,32)(H,29,30,31). The summed E-state index contributed by atoms with van der Waals surface area (Å²) < 4.78 is 55.3. The van der Waals surface area contributed by atoms with Gasteiger partial charge in [-0.2, -0.15) is 0 Å². The van der Waals surface area contributed by atoms with Gasteiger partial charge in [0, 0.05) is 35.7 Å². The van der Waals surface area contributed by atoms with Crippen LogP contribution >= 0.6 is 11.6 Å². The number of benzene rings is 2. The number of nitrogens with one attached hydrogen (secondary N) is 2. The quantitative estimate of drug-likeness (QED) is 0.480. The number of aromatic nitrogens is 2. The molecule has 1 aromatic heterocycles. The van der Waals surface area contributed by atoms with E-state index in [0.29, 0.717) is 17.2 Å². The first-order chi connectivity index (χ1) is 15.4. The van der Waals surface area contributed by atoms with Crippen LogP contribution in [0.2, 0.25) is 5.02 Å². The number of amides is 1. The lowest BCUT2D eigenvalue weighted by molar-refractivity contribution is -0.274. The first-order valence-corrected chi connectivity index (χ1v) is 10.0. The molecule has 0 saturated heterocycles. The van der Waals surface area contributed by atoms with Gasteiger partial charge in [-0.05, 0) is 29.8 Å². The van der Waals surface area contributed by atoms with Crippen LogP contribution in [-0.2, 0) is 11.3 Å². The highest BCUT2D eigenvalue weighted by Gasteiger charge is 2.31. The molecule has 174 valence electrons. The van der Waals surface area contributed by atoms with Gasteiger partial charge in [-0.1, -0.05) is 31.5 Å². The average Bonchev–Trinajstić information content (AvgIpc) is 2.71. The summed E-state index contributed by atoms with van der Waals surface area (Å²) in [4.78, 5) is 30.8. The summed E-state index contributed by atoms with van der Waals surface area (Å²) in [6, 6.07) is 8.36. The third-order valence-corrected chi connectivity index (χ3v) is 4.80. The Kier molecular flexibility index (Phi) is 7.06. The van der Waals surface area contributed by atoms with Crippen molar-refractivity contribution in [3.05, 3.63) is 69.2 Å². The molecule has 33 heavy (non-hydrogen) atoms. The number of hydrogen-bond donors (Lipinski definition) is 2. The number of hydrogen-bond acceptors (Lipinski definition) is 4. The predicted molar refractivity (Wildman–Crippen MR) is 114 cm³/mol. The zero-order chi connectivity index (χ0) is 24.3. The van der Waals surface area contributed by atoms with Gasteiger partial charge in [0.25, 0.3) is 5.56 Å². The van der Waals surface area contributed by atoms with Crippen LogP contribution in [0.3, 0.4) is 0 Å². The van der Waals surface area contributed by atoms with Gasteiger partial charge < -0.3 is 15.0 Å². The SMILES string of the molecule is CC(C)C(=O)NCc1ccc(Cl)c(-c2nc(-c3ccc(OC(F)(F)F)cc3F)cc(=O)[nH]2)c1. The molecule has 0 aliphatic heterocycles. The molecule has 0 radical (unpaired) electrons. The van der Waals surface area contributed by atoms with Crippen molar-refractivity contribution in [2.45, 2.75) is 26.8 Å². The molecule has 2 aromatic carbocycles. The minimum Gasteiger partial charge on any atom is -0.406 e. The highest BCUT2D eigenvalue weighted by molar-refractivity contribution is 6.33. The minimum atomic E-state index is -4.97. The van der Waals surface area contributed by atoms with Crippen LogP contribution in [0.4, 0.5) is 17.6 Å². The lowest BCUT2D eigenvalue weighted by Crippen LogP contribution is -2.27. The molecule has 0 fully saturated rings. The first kappa shape index (κ1) is 24.2. The van der Waals surface area contributed by atoms with Crippen molar-refractivity contribution in [2.24, 2.45) is 5.92 Å². The summed E-state index contributed by atoms with van der Waals surface area (Å²) in [5, 5.41) is 3.00. The summed E-state index contributed by atoms with van der Waals surface area (Å²) in [5.74, 6) is -2.12. The molecule has 3 rings (SSSR count). The van der Waals surface area contributed by atoms with Crippen LogP contribution in [0.15, 0.2) is 47.3 Å². The zero-order valence-corrected chi connectivity index (χ0v) is 18.1. The van der Waals surface area contributed by atoms with E-state index in [4.69, 9.17) is 11.6 Å². The molecule has 0 saturated carbocycles. The molecule has 0 aliphatic carbocycles. The number of aromatic amines is 1. The third-order valence-electron chi connectivity index (χ3n) is 4.47. The number of rotatable bonds is 6. The number of H-pyrrole nitrogens is 1. The fourth-order valence-corrected chi connectivity index (χ4v) is 3.09. The van der Waals surface area contributed by atoms with Gasteiger partial charge >= 0.3 is 6.36 Å². The van der Waals surface area contributed by atoms with Crippen molar-refractivity contribution in [3.63, 3.8) is 0 Å². The lowest BCUT2D eigenvalue weighted by atomic mass is 10.1. The van der Waals surface area contributed by atoms with E-state index >= 15 is 0 Å². The maximum absolute atomic E-state index is 14.5. The van der Waals surface area contributed by atoms with E-state index in [2.05, 4.69) is 20.0 Å². The fraction of sp³-hybridized carbons (Fsp3) is 0.227.